The van der Waals surface area contributed by atoms with Crippen LogP contribution in [0.1, 0.15) is 12.5 Å². The third-order valence-electron chi connectivity index (χ3n) is 3.68. The number of anilines is 2. The second-order valence-electron chi connectivity index (χ2n) is 5.43. The van der Waals surface area contributed by atoms with Crippen LogP contribution in [0.25, 0.3) is 11.0 Å². The van der Waals surface area contributed by atoms with E-state index >= 15 is 0 Å². The number of rotatable bonds is 4. The van der Waals surface area contributed by atoms with Crippen LogP contribution >= 0.6 is 0 Å². The molecule has 0 aliphatic heterocycles. The largest absolute Gasteiger partial charge is 0.342 e. The number of carbonyl (C=O) groups is 1. The van der Waals surface area contributed by atoms with Crippen LogP contribution < -0.4 is 5.32 Å². The van der Waals surface area contributed by atoms with E-state index in [-0.39, 0.29) is 5.91 Å². The monoisotopic (exact) mass is 310 g/mol. The Bertz CT molecular complexity index is 857. The highest BCUT2D eigenvalue weighted by Crippen LogP contribution is 2.23. The molecule has 2 aromatic heterocycles. The smallest absolute Gasteiger partial charge is 0.219 e. The predicted molar refractivity (Wildman–Crippen MR) is 88.2 cm³/mol. The summed E-state index contributed by atoms with van der Waals surface area (Å²) in [5.74, 6) is 0.747. The molecule has 0 bridgehead atoms. The van der Waals surface area contributed by atoms with Gasteiger partial charge in [-0.05, 0) is 17.7 Å². The van der Waals surface area contributed by atoms with Crippen molar-refractivity contribution in [1.82, 2.24) is 24.6 Å². The number of aryl methyl sites for hydroxylation is 1. The molecule has 0 saturated heterocycles. The standard InChI is InChI=1S/C16H18N6O/c1-11(23)21(2)9-12-5-4-6-13(7-12)20-15-14-8-19-22(3)16(14)18-10-17-15/h4-8,10H,9H2,1-3H3,(H,17,18,20). The molecule has 0 aliphatic rings. The minimum Gasteiger partial charge on any atom is -0.342 e. The first-order valence-corrected chi connectivity index (χ1v) is 7.25. The number of aromatic nitrogens is 4. The second kappa shape index (κ2) is 6.04. The molecular formula is C16H18N6O. The lowest BCUT2D eigenvalue weighted by molar-refractivity contribution is -0.128. The van der Waals surface area contributed by atoms with Gasteiger partial charge in [0.25, 0.3) is 0 Å². The number of nitrogens with one attached hydrogen (secondary N) is 1. The normalized spacial score (nSPS) is 10.7. The molecule has 0 fully saturated rings. The summed E-state index contributed by atoms with van der Waals surface area (Å²) in [5, 5.41) is 8.36. The van der Waals surface area contributed by atoms with Gasteiger partial charge in [0.1, 0.15) is 12.1 Å². The fraction of sp³-hybridized carbons (Fsp3) is 0.250. The van der Waals surface area contributed by atoms with Crippen molar-refractivity contribution in [3.05, 3.63) is 42.4 Å². The molecule has 0 saturated carbocycles. The maximum atomic E-state index is 11.4. The van der Waals surface area contributed by atoms with Crippen LogP contribution in [-0.4, -0.2) is 37.6 Å². The van der Waals surface area contributed by atoms with E-state index in [0.29, 0.717) is 12.4 Å². The number of benzene rings is 1. The molecule has 3 rings (SSSR count). The number of nitrogens with zero attached hydrogens (tertiary/aromatic N) is 5. The SMILES string of the molecule is CC(=O)N(C)Cc1cccc(Nc2ncnc3c2cnn3C)c1. The van der Waals surface area contributed by atoms with Gasteiger partial charge in [-0.25, -0.2) is 9.97 Å². The maximum absolute atomic E-state index is 11.4. The van der Waals surface area contributed by atoms with Gasteiger partial charge < -0.3 is 10.2 Å². The number of amides is 1. The molecule has 0 radical (unpaired) electrons. The number of carbonyl (C=O) groups excluding carboxylic acids is 1. The summed E-state index contributed by atoms with van der Waals surface area (Å²) < 4.78 is 1.71. The molecule has 7 heteroatoms. The van der Waals surface area contributed by atoms with Crippen LogP contribution in [0.3, 0.4) is 0 Å². The van der Waals surface area contributed by atoms with E-state index in [1.54, 1.807) is 29.7 Å². The summed E-state index contributed by atoms with van der Waals surface area (Å²) in [6.45, 7) is 2.12. The number of hydrogen-bond donors (Lipinski definition) is 1. The third-order valence-corrected chi connectivity index (χ3v) is 3.68. The molecule has 3 aromatic rings. The fourth-order valence-electron chi connectivity index (χ4n) is 2.33. The van der Waals surface area contributed by atoms with Crippen molar-refractivity contribution in [2.45, 2.75) is 13.5 Å². The highest BCUT2D eigenvalue weighted by molar-refractivity contribution is 5.88. The minimum absolute atomic E-state index is 0.0382. The Labute approximate surface area is 134 Å². The quantitative estimate of drug-likeness (QED) is 0.798. The number of hydrogen-bond acceptors (Lipinski definition) is 5. The lowest BCUT2D eigenvalue weighted by Crippen LogP contribution is -2.22. The first kappa shape index (κ1) is 15.0. The highest BCUT2D eigenvalue weighted by Gasteiger charge is 2.09. The molecule has 23 heavy (non-hydrogen) atoms. The lowest BCUT2D eigenvalue weighted by Gasteiger charge is -2.15. The van der Waals surface area contributed by atoms with Crippen molar-refractivity contribution in [2.75, 3.05) is 12.4 Å². The summed E-state index contributed by atoms with van der Waals surface area (Å²) in [7, 11) is 3.63. The van der Waals surface area contributed by atoms with Gasteiger partial charge in [-0.2, -0.15) is 5.10 Å². The Balaban J connectivity index is 1.86. The maximum Gasteiger partial charge on any atom is 0.219 e. The summed E-state index contributed by atoms with van der Waals surface area (Å²) in [6.07, 6.45) is 3.25. The van der Waals surface area contributed by atoms with Crippen LogP contribution in [0.15, 0.2) is 36.8 Å². The second-order valence-corrected chi connectivity index (χ2v) is 5.43. The van der Waals surface area contributed by atoms with Crippen molar-refractivity contribution < 1.29 is 4.79 Å². The van der Waals surface area contributed by atoms with Gasteiger partial charge in [0.15, 0.2) is 5.65 Å². The van der Waals surface area contributed by atoms with Gasteiger partial charge in [0.05, 0.1) is 11.6 Å². The first-order chi connectivity index (χ1) is 11.0. The van der Waals surface area contributed by atoms with Gasteiger partial charge in [-0.1, -0.05) is 12.1 Å². The van der Waals surface area contributed by atoms with Gasteiger partial charge in [0, 0.05) is 33.3 Å². The van der Waals surface area contributed by atoms with Crippen LogP contribution in [-0.2, 0) is 18.4 Å². The average Bonchev–Trinajstić information content (AvgIpc) is 2.90. The van der Waals surface area contributed by atoms with E-state index < -0.39 is 0 Å². The first-order valence-electron chi connectivity index (χ1n) is 7.25. The van der Waals surface area contributed by atoms with Crippen molar-refractivity contribution in [1.29, 1.82) is 0 Å². The van der Waals surface area contributed by atoms with Crippen LogP contribution in [0.4, 0.5) is 11.5 Å². The van der Waals surface area contributed by atoms with Crippen LogP contribution in [0, 0.1) is 0 Å². The number of fused-ring (bicyclic) bond motifs is 1. The van der Waals surface area contributed by atoms with Gasteiger partial charge >= 0.3 is 0 Å². The molecule has 1 N–H and O–H groups in total. The fourth-order valence-corrected chi connectivity index (χ4v) is 2.33. The zero-order chi connectivity index (χ0) is 16.4. The Hall–Kier alpha value is -2.96. The Morgan fingerprint density at radius 3 is 2.96 bits per heavy atom. The molecule has 7 nitrogen and oxygen atoms in total. The van der Waals surface area contributed by atoms with Crippen molar-refractivity contribution in [3.63, 3.8) is 0 Å². The van der Waals surface area contributed by atoms with E-state index in [9.17, 15) is 4.79 Å². The third kappa shape index (κ3) is 3.13. The van der Waals surface area contributed by atoms with Crippen LogP contribution in [0.2, 0.25) is 0 Å². The zero-order valence-electron chi connectivity index (χ0n) is 13.3. The van der Waals surface area contributed by atoms with E-state index in [0.717, 1.165) is 22.3 Å². The van der Waals surface area contributed by atoms with E-state index in [1.165, 1.54) is 6.33 Å². The van der Waals surface area contributed by atoms with E-state index in [4.69, 9.17) is 0 Å². The van der Waals surface area contributed by atoms with Gasteiger partial charge in [0.2, 0.25) is 5.91 Å². The van der Waals surface area contributed by atoms with E-state index in [2.05, 4.69) is 20.4 Å². The minimum atomic E-state index is 0.0382. The molecule has 118 valence electrons. The average molecular weight is 310 g/mol. The summed E-state index contributed by atoms with van der Waals surface area (Å²) in [4.78, 5) is 21.5. The Morgan fingerprint density at radius 1 is 1.35 bits per heavy atom. The summed E-state index contributed by atoms with van der Waals surface area (Å²) in [6, 6.07) is 7.91. The molecule has 0 aliphatic carbocycles. The molecule has 1 amide bonds. The summed E-state index contributed by atoms with van der Waals surface area (Å²) in [5.41, 5.74) is 2.72. The lowest BCUT2D eigenvalue weighted by atomic mass is 10.2. The van der Waals surface area contributed by atoms with Gasteiger partial charge in [-0.3, -0.25) is 9.48 Å². The topological polar surface area (TPSA) is 75.9 Å². The summed E-state index contributed by atoms with van der Waals surface area (Å²) >= 11 is 0. The molecule has 1 aromatic carbocycles. The predicted octanol–water partition coefficient (Wildman–Crippen LogP) is 2.09. The zero-order valence-corrected chi connectivity index (χ0v) is 13.3. The Morgan fingerprint density at radius 2 is 2.17 bits per heavy atom. The van der Waals surface area contributed by atoms with Crippen molar-refractivity contribution in [3.8, 4) is 0 Å². The van der Waals surface area contributed by atoms with E-state index in [1.807, 2.05) is 31.3 Å². The van der Waals surface area contributed by atoms with Gasteiger partial charge in [-0.15, -0.1) is 0 Å². The molecule has 0 atom stereocenters. The molecule has 2 heterocycles. The highest BCUT2D eigenvalue weighted by atomic mass is 16.2. The van der Waals surface area contributed by atoms with Crippen LogP contribution in [0.5, 0.6) is 0 Å². The molecule has 0 unspecified atom stereocenters. The Kier molecular flexibility index (Phi) is 3.92. The van der Waals surface area contributed by atoms with Crippen molar-refractivity contribution >= 4 is 28.4 Å². The van der Waals surface area contributed by atoms with Crippen molar-refractivity contribution in [2.24, 2.45) is 7.05 Å². The molecule has 0 spiro atoms. The molecular weight excluding hydrogens is 292 g/mol.